The van der Waals surface area contributed by atoms with Crippen molar-refractivity contribution in [1.82, 2.24) is 0 Å². The number of nitrogens with zero attached hydrogens (tertiary/aromatic N) is 2. The molecule has 1 atom stereocenters. The zero-order valence-corrected chi connectivity index (χ0v) is 12.8. The van der Waals surface area contributed by atoms with Gasteiger partial charge in [-0.1, -0.05) is 20.8 Å². The van der Waals surface area contributed by atoms with E-state index in [1.165, 1.54) is 6.92 Å². The van der Waals surface area contributed by atoms with Crippen LogP contribution >= 0.6 is 0 Å². The van der Waals surface area contributed by atoms with E-state index in [2.05, 4.69) is 0 Å². The zero-order chi connectivity index (χ0) is 17.7. The van der Waals surface area contributed by atoms with E-state index in [1.54, 1.807) is 20.8 Å². The Hall–Kier alpha value is -2.91. The molecule has 10 heteroatoms. The molecule has 2 rings (SSSR count). The fraction of sp³-hybridized carbons (Fsp3) is 0.462. The van der Waals surface area contributed by atoms with E-state index in [-0.39, 0.29) is 11.5 Å². The largest absolute Gasteiger partial charge is 0.477 e. The van der Waals surface area contributed by atoms with E-state index >= 15 is 0 Å². The molecule has 0 aliphatic carbocycles. The lowest BCUT2D eigenvalue weighted by atomic mass is 9.87. The van der Waals surface area contributed by atoms with Crippen LogP contribution in [0.3, 0.4) is 0 Å². The van der Waals surface area contributed by atoms with Gasteiger partial charge in [-0.3, -0.25) is 20.2 Å². The molecule has 0 radical (unpaired) electrons. The molecule has 1 aliphatic rings. The topological polar surface area (TPSA) is 142 Å². The van der Waals surface area contributed by atoms with Crippen LogP contribution in [0.15, 0.2) is 6.07 Å². The van der Waals surface area contributed by atoms with E-state index in [0.29, 0.717) is 0 Å². The van der Waals surface area contributed by atoms with Crippen LogP contribution in [0.4, 0.5) is 11.4 Å². The second-order valence-electron chi connectivity index (χ2n) is 6.17. The molecule has 0 saturated carbocycles. The third-order valence-corrected chi connectivity index (χ3v) is 3.76. The van der Waals surface area contributed by atoms with Crippen LogP contribution in [0, 0.1) is 25.6 Å². The Bertz CT molecular complexity index is 736. The first-order chi connectivity index (χ1) is 10.4. The van der Waals surface area contributed by atoms with E-state index < -0.39 is 44.0 Å². The van der Waals surface area contributed by atoms with Crippen molar-refractivity contribution >= 4 is 17.3 Å². The van der Waals surface area contributed by atoms with Crippen molar-refractivity contribution in [3.63, 3.8) is 0 Å². The molecule has 0 spiro atoms. The number of nitro groups is 2. The van der Waals surface area contributed by atoms with E-state index in [1.807, 2.05) is 0 Å². The van der Waals surface area contributed by atoms with Crippen molar-refractivity contribution in [2.45, 2.75) is 33.5 Å². The average Bonchev–Trinajstić information content (AvgIpc) is 2.72. The summed E-state index contributed by atoms with van der Waals surface area (Å²) < 4.78 is 11.1. The van der Waals surface area contributed by atoms with Gasteiger partial charge in [-0.25, -0.2) is 4.79 Å². The van der Waals surface area contributed by atoms with Crippen LogP contribution < -0.4 is 9.47 Å². The minimum absolute atomic E-state index is 0.211. The number of carboxylic acid groups (broad SMARTS) is 1. The molecule has 0 saturated heterocycles. The van der Waals surface area contributed by atoms with E-state index in [9.17, 15) is 30.1 Å². The van der Waals surface area contributed by atoms with Crippen LogP contribution in [0.2, 0.25) is 0 Å². The summed E-state index contributed by atoms with van der Waals surface area (Å²) in [6.07, 6.45) is 0. The van der Waals surface area contributed by atoms with E-state index in [0.717, 1.165) is 6.07 Å². The molecule has 0 amide bonds. The average molecular weight is 326 g/mol. The normalized spacial score (nSPS) is 19.5. The molecule has 0 fully saturated rings. The number of fused-ring (bicyclic) bond motifs is 1. The summed E-state index contributed by atoms with van der Waals surface area (Å²) >= 11 is 0. The number of carbonyl (C=O) groups is 1. The fourth-order valence-corrected chi connectivity index (χ4v) is 2.05. The first-order valence-electron chi connectivity index (χ1n) is 6.50. The van der Waals surface area contributed by atoms with Gasteiger partial charge in [-0.05, 0) is 0 Å². The summed E-state index contributed by atoms with van der Waals surface area (Å²) in [5.41, 5.74) is -3.63. The number of aromatic carboxylic acids is 1. The highest BCUT2D eigenvalue weighted by molar-refractivity contribution is 5.99. The molecule has 1 heterocycles. The molecule has 1 N–H and O–H groups in total. The summed E-state index contributed by atoms with van der Waals surface area (Å²) in [6.45, 7) is 6.78. The molecule has 23 heavy (non-hydrogen) atoms. The van der Waals surface area contributed by atoms with Crippen LogP contribution in [0.5, 0.6) is 11.5 Å². The minimum atomic E-state index is -1.71. The number of rotatable bonds is 3. The maximum Gasteiger partial charge on any atom is 0.364 e. The van der Waals surface area contributed by atoms with Gasteiger partial charge < -0.3 is 14.6 Å². The van der Waals surface area contributed by atoms with Crippen LogP contribution in [-0.4, -0.2) is 26.7 Å². The van der Waals surface area contributed by atoms with Crippen molar-refractivity contribution in [3.05, 3.63) is 31.9 Å². The van der Waals surface area contributed by atoms with Gasteiger partial charge in [-0.15, -0.1) is 0 Å². The Kier molecular flexibility index (Phi) is 3.43. The molecular formula is C13H14N2O8. The Morgan fingerprint density at radius 2 is 1.78 bits per heavy atom. The van der Waals surface area contributed by atoms with Crippen molar-refractivity contribution in [2.75, 3.05) is 0 Å². The smallest absolute Gasteiger partial charge is 0.364 e. The molecule has 1 aromatic carbocycles. The Morgan fingerprint density at radius 1 is 1.22 bits per heavy atom. The van der Waals surface area contributed by atoms with Crippen molar-refractivity contribution in [3.8, 4) is 11.5 Å². The van der Waals surface area contributed by atoms with E-state index in [4.69, 9.17) is 9.47 Å². The van der Waals surface area contributed by atoms with Crippen molar-refractivity contribution in [1.29, 1.82) is 0 Å². The molecule has 1 aliphatic heterocycles. The number of ether oxygens (including phenoxy) is 2. The number of benzene rings is 1. The fourth-order valence-electron chi connectivity index (χ4n) is 2.05. The van der Waals surface area contributed by atoms with Gasteiger partial charge in [0.05, 0.1) is 15.9 Å². The summed E-state index contributed by atoms with van der Waals surface area (Å²) in [4.78, 5) is 31.5. The second kappa shape index (κ2) is 4.80. The predicted molar refractivity (Wildman–Crippen MR) is 75.8 cm³/mol. The van der Waals surface area contributed by atoms with Crippen molar-refractivity contribution < 1.29 is 29.2 Å². The Labute approximate surface area is 129 Å². The standard InChI is InChI=1S/C13H14N2O8/c1-12(2,3)13(4)22-7-5-6(14(18)19)9(15(20)21)8(11(16)17)10(7)23-13/h5H,1-4H3,(H,16,17). The molecule has 124 valence electrons. The second-order valence-corrected chi connectivity index (χ2v) is 6.17. The van der Waals surface area contributed by atoms with Crippen LogP contribution in [-0.2, 0) is 0 Å². The number of nitro benzene ring substituents is 2. The first-order valence-corrected chi connectivity index (χ1v) is 6.50. The Balaban J connectivity index is 2.80. The van der Waals surface area contributed by atoms with Gasteiger partial charge in [0, 0.05) is 12.3 Å². The molecular weight excluding hydrogens is 312 g/mol. The quantitative estimate of drug-likeness (QED) is 0.659. The highest BCUT2D eigenvalue weighted by Crippen LogP contribution is 2.53. The monoisotopic (exact) mass is 326 g/mol. The van der Waals surface area contributed by atoms with Crippen LogP contribution in [0.25, 0.3) is 0 Å². The Morgan fingerprint density at radius 3 is 2.17 bits per heavy atom. The maximum absolute atomic E-state index is 11.5. The lowest BCUT2D eigenvalue weighted by Crippen LogP contribution is -2.47. The lowest BCUT2D eigenvalue weighted by Gasteiger charge is -2.35. The summed E-state index contributed by atoms with van der Waals surface area (Å²) in [5, 5.41) is 31.5. The summed E-state index contributed by atoms with van der Waals surface area (Å²) in [7, 11) is 0. The predicted octanol–water partition coefficient (Wildman–Crippen LogP) is 2.73. The third-order valence-electron chi connectivity index (χ3n) is 3.76. The SMILES string of the molecule is CC(C)(C)C1(C)Oc2cc([N+](=O)[O-])c([N+](=O)[O-])c(C(=O)O)c2O1. The molecule has 1 aromatic rings. The van der Waals surface area contributed by atoms with Crippen molar-refractivity contribution in [2.24, 2.45) is 5.41 Å². The van der Waals surface area contributed by atoms with Gasteiger partial charge in [0.1, 0.15) is 0 Å². The highest BCUT2D eigenvalue weighted by Gasteiger charge is 2.51. The maximum atomic E-state index is 11.5. The molecule has 0 bridgehead atoms. The summed E-state index contributed by atoms with van der Waals surface area (Å²) in [5.74, 6) is -3.63. The van der Waals surface area contributed by atoms with Gasteiger partial charge in [0.15, 0.2) is 17.1 Å². The molecule has 0 aromatic heterocycles. The number of hydrogen-bond donors (Lipinski definition) is 1. The molecule has 10 nitrogen and oxygen atoms in total. The highest BCUT2D eigenvalue weighted by atomic mass is 16.7. The summed E-state index contributed by atoms with van der Waals surface area (Å²) in [6, 6.07) is 0.816. The van der Waals surface area contributed by atoms with Gasteiger partial charge in [0.2, 0.25) is 0 Å². The van der Waals surface area contributed by atoms with Gasteiger partial charge in [-0.2, -0.15) is 0 Å². The third kappa shape index (κ3) is 2.41. The zero-order valence-electron chi connectivity index (χ0n) is 12.8. The minimum Gasteiger partial charge on any atom is -0.477 e. The van der Waals surface area contributed by atoms with Crippen LogP contribution in [0.1, 0.15) is 38.1 Å². The molecule has 1 unspecified atom stereocenters. The number of carboxylic acids is 1. The first kappa shape index (κ1) is 16.5. The van der Waals surface area contributed by atoms with Gasteiger partial charge >= 0.3 is 17.3 Å². The number of hydrogen-bond acceptors (Lipinski definition) is 7. The lowest BCUT2D eigenvalue weighted by molar-refractivity contribution is -0.422. The van der Waals surface area contributed by atoms with Gasteiger partial charge in [0.25, 0.3) is 5.79 Å².